The Morgan fingerprint density at radius 2 is 1.57 bits per heavy atom. The molecule has 3 heterocycles. The monoisotopic (exact) mass is 1010 g/mol. The van der Waals surface area contributed by atoms with Crippen LogP contribution in [0, 0.1) is 11.3 Å². The van der Waals surface area contributed by atoms with Crippen molar-refractivity contribution in [2.24, 2.45) is 11.3 Å². The van der Waals surface area contributed by atoms with Crippen molar-refractivity contribution in [3.63, 3.8) is 0 Å². The molecule has 2 amide bonds. The Balaban J connectivity index is 1.34. The van der Waals surface area contributed by atoms with E-state index in [1.54, 1.807) is 0 Å². The van der Waals surface area contributed by atoms with Gasteiger partial charge in [-0.15, -0.1) is 0 Å². The van der Waals surface area contributed by atoms with Gasteiger partial charge in [-0.05, 0) is 12.3 Å². The number of imidazole rings is 1. The van der Waals surface area contributed by atoms with Gasteiger partial charge in [-0.2, -0.15) is 4.31 Å². The van der Waals surface area contributed by atoms with E-state index in [2.05, 4.69) is 48.3 Å². The second-order valence-electron chi connectivity index (χ2n) is 16.6. The number of fused-ring (bicyclic) bond motifs is 1. The van der Waals surface area contributed by atoms with Crippen LogP contribution in [0.4, 0.5) is 5.82 Å². The second kappa shape index (κ2) is 26.9. The first-order valence-corrected chi connectivity index (χ1v) is 27.0. The van der Waals surface area contributed by atoms with Gasteiger partial charge in [0.05, 0.1) is 19.5 Å². The lowest BCUT2D eigenvalue weighted by molar-refractivity contribution is -0.137. The van der Waals surface area contributed by atoms with E-state index in [4.69, 9.17) is 19.5 Å². The molecule has 2 aromatic rings. The fourth-order valence-electron chi connectivity index (χ4n) is 6.72. The number of aliphatic hydroxyl groups excluding tert-OH is 2. The van der Waals surface area contributed by atoms with Gasteiger partial charge in [0.2, 0.25) is 11.8 Å². The maximum atomic E-state index is 12.7. The normalized spacial score (nSPS) is 20.8. The number of hydrogen-bond donors (Lipinski definition) is 9. The Bertz CT molecular complexity index is 1980. The van der Waals surface area contributed by atoms with Crippen molar-refractivity contribution in [1.29, 1.82) is 0 Å². The molecule has 10 N–H and O–H groups in total. The number of carbonyl (C=O) groups is 3. The smallest absolute Gasteiger partial charge is 0.386 e. The molecule has 1 aliphatic rings. The Labute approximate surface area is 382 Å². The van der Waals surface area contributed by atoms with Gasteiger partial charge in [-0.3, -0.25) is 32.5 Å². The third-order valence-electron chi connectivity index (χ3n) is 10.4. The number of carbonyl (C=O) groups excluding carboxylic acids is 3. The molecule has 0 spiro atoms. The standard InChI is InChI=1S/C37H66N7O17P3S/c1-5-6-7-11-14-25(2)15-12-9-8-10-13-16-28(46)65-20-19-39-27(45)17-18-40-35(49)32(48)37(3,4)22-58-64(55,56)61-63(53,54)57-21-26-31(60-62(50,51)52)30(47)36(59-26)44-24-43-29-33(38)41-23-42-34(29)44/h23-26,30-32,36,47-48H,5-22H2,1-4H3,(H,39,45)(H,40,49)(H,53,54)(H,55,56)(H2,38,41,42)(H2,50,51,52). The molecule has 372 valence electrons. The van der Waals surface area contributed by atoms with Crippen LogP contribution in [-0.4, -0.2) is 123 Å². The summed E-state index contributed by atoms with van der Waals surface area (Å²) in [7, 11) is -16.4. The zero-order chi connectivity index (χ0) is 48.4. The van der Waals surface area contributed by atoms with Crippen molar-refractivity contribution in [2.75, 3.05) is 37.8 Å². The minimum absolute atomic E-state index is 0.0335. The number of nitrogen functional groups attached to an aromatic ring is 1. The highest BCUT2D eigenvalue weighted by Crippen LogP contribution is 2.61. The minimum atomic E-state index is -5.57. The molecule has 1 fully saturated rings. The number of unbranched alkanes of at least 4 members (excludes halogenated alkanes) is 7. The van der Waals surface area contributed by atoms with Crippen LogP contribution in [0.2, 0.25) is 0 Å². The SMILES string of the molecule is CCCCCCC(C)CCCCCCCC(=O)SCCNC(=O)CCNC(=O)C(O)C(C)(C)COP(=O)(O)OP(=O)(O)OCC1OC(n2cnc3c(N)ncnc32)C(O)C1OP(=O)(O)O. The zero-order valence-corrected chi connectivity index (χ0v) is 40.6. The molecule has 8 atom stereocenters. The van der Waals surface area contributed by atoms with Crippen LogP contribution < -0.4 is 16.4 Å². The number of ether oxygens (including phenoxy) is 1. The van der Waals surface area contributed by atoms with Crippen molar-refractivity contribution in [3.05, 3.63) is 12.7 Å². The number of nitrogens with zero attached hydrogens (tertiary/aromatic N) is 4. The fraction of sp³-hybridized carbons (Fsp3) is 0.784. The van der Waals surface area contributed by atoms with Crippen LogP contribution in [0.3, 0.4) is 0 Å². The zero-order valence-electron chi connectivity index (χ0n) is 37.1. The number of nitrogens with two attached hydrogens (primary N) is 1. The summed E-state index contributed by atoms with van der Waals surface area (Å²) in [4.78, 5) is 88.3. The Hall–Kier alpha value is -2.44. The summed E-state index contributed by atoms with van der Waals surface area (Å²) >= 11 is 1.15. The topological polar surface area (TPSA) is 364 Å². The molecule has 65 heavy (non-hydrogen) atoms. The van der Waals surface area contributed by atoms with Crippen LogP contribution >= 0.6 is 35.2 Å². The lowest BCUT2D eigenvalue weighted by Crippen LogP contribution is -2.46. The van der Waals surface area contributed by atoms with Crippen LogP contribution in [0.5, 0.6) is 0 Å². The van der Waals surface area contributed by atoms with E-state index >= 15 is 0 Å². The summed E-state index contributed by atoms with van der Waals surface area (Å²) in [6.45, 7) is 5.13. The number of anilines is 1. The number of rotatable bonds is 32. The predicted octanol–water partition coefficient (Wildman–Crippen LogP) is 4.00. The highest BCUT2D eigenvalue weighted by molar-refractivity contribution is 8.13. The largest absolute Gasteiger partial charge is 0.481 e. The van der Waals surface area contributed by atoms with Crippen LogP contribution in [0.15, 0.2) is 12.7 Å². The van der Waals surface area contributed by atoms with Crippen molar-refractivity contribution in [3.8, 4) is 0 Å². The average Bonchev–Trinajstić information content (AvgIpc) is 3.78. The molecular formula is C37H66N7O17P3S. The fourth-order valence-corrected chi connectivity index (χ4v) is 10.3. The number of amides is 2. The lowest BCUT2D eigenvalue weighted by atomic mass is 9.87. The molecule has 8 unspecified atom stereocenters. The van der Waals surface area contributed by atoms with Crippen molar-refractivity contribution in [2.45, 2.75) is 142 Å². The molecule has 24 nitrogen and oxygen atoms in total. The number of phosphoric acid groups is 3. The van der Waals surface area contributed by atoms with E-state index < -0.39 is 84.6 Å². The van der Waals surface area contributed by atoms with E-state index in [9.17, 15) is 57.9 Å². The number of aromatic nitrogens is 4. The maximum absolute atomic E-state index is 12.7. The molecule has 3 rings (SSSR count). The van der Waals surface area contributed by atoms with Gasteiger partial charge in [0.25, 0.3) is 0 Å². The second-order valence-corrected chi connectivity index (χ2v) is 21.9. The number of nitrogens with one attached hydrogen (secondary N) is 2. The molecule has 0 radical (unpaired) electrons. The maximum Gasteiger partial charge on any atom is 0.481 e. The summed E-state index contributed by atoms with van der Waals surface area (Å²) in [6, 6.07) is 0. The third-order valence-corrected chi connectivity index (χ3v) is 14.4. The average molecular weight is 1010 g/mol. The van der Waals surface area contributed by atoms with Gasteiger partial charge in [0.15, 0.2) is 22.8 Å². The molecule has 0 bridgehead atoms. The Morgan fingerprint density at radius 3 is 2.25 bits per heavy atom. The minimum Gasteiger partial charge on any atom is -0.386 e. The summed E-state index contributed by atoms with van der Waals surface area (Å²) in [5.74, 6) is -0.255. The highest BCUT2D eigenvalue weighted by Gasteiger charge is 2.50. The molecule has 28 heteroatoms. The van der Waals surface area contributed by atoms with E-state index in [-0.39, 0.29) is 41.6 Å². The van der Waals surface area contributed by atoms with Crippen LogP contribution in [0.25, 0.3) is 11.2 Å². The number of thioether (sulfide) groups is 1. The molecule has 1 saturated heterocycles. The first-order chi connectivity index (χ1) is 30.4. The number of aliphatic hydroxyl groups is 2. The van der Waals surface area contributed by atoms with Gasteiger partial charge in [-0.25, -0.2) is 28.6 Å². The first kappa shape index (κ1) is 56.9. The molecular weight excluding hydrogens is 939 g/mol. The predicted molar refractivity (Wildman–Crippen MR) is 237 cm³/mol. The summed E-state index contributed by atoms with van der Waals surface area (Å²) in [5.41, 5.74) is 4.29. The van der Waals surface area contributed by atoms with E-state index in [1.165, 1.54) is 65.2 Å². The van der Waals surface area contributed by atoms with Gasteiger partial charge >= 0.3 is 23.5 Å². The molecule has 1 aliphatic heterocycles. The van der Waals surface area contributed by atoms with Crippen molar-refractivity contribution < 1.29 is 80.5 Å². The molecule has 0 saturated carbocycles. The van der Waals surface area contributed by atoms with Crippen LogP contribution in [-0.2, 0) is 50.7 Å². The summed E-state index contributed by atoms with van der Waals surface area (Å²) in [5, 5.41) is 26.7. The third kappa shape index (κ3) is 20.4. The molecule has 2 aromatic heterocycles. The molecule has 0 aromatic carbocycles. The van der Waals surface area contributed by atoms with E-state index in [0.717, 1.165) is 54.2 Å². The highest BCUT2D eigenvalue weighted by atomic mass is 32.2. The van der Waals surface area contributed by atoms with Crippen LogP contribution in [0.1, 0.15) is 117 Å². The molecule has 0 aliphatic carbocycles. The number of phosphoric ester groups is 3. The lowest BCUT2D eigenvalue weighted by Gasteiger charge is -2.30. The summed E-state index contributed by atoms with van der Waals surface area (Å²) < 4.78 is 62.4. The Kier molecular flexibility index (Phi) is 23.6. The van der Waals surface area contributed by atoms with E-state index in [1.807, 2.05) is 0 Å². The van der Waals surface area contributed by atoms with Gasteiger partial charge in [0, 0.05) is 37.1 Å². The van der Waals surface area contributed by atoms with Gasteiger partial charge in [-0.1, -0.05) is 104 Å². The van der Waals surface area contributed by atoms with E-state index in [0.29, 0.717) is 12.2 Å². The summed E-state index contributed by atoms with van der Waals surface area (Å²) in [6.07, 6.45) is 6.73. The van der Waals surface area contributed by atoms with Gasteiger partial charge < -0.3 is 50.9 Å². The van der Waals surface area contributed by atoms with Crippen molar-refractivity contribution >= 4 is 69.1 Å². The first-order valence-electron chi connectivity index (χ1n) is 21.5. The van der Waals surface area contributed by atoms with Gasteiger partial charge in [0.1, 0.15) is 36.3 Å². The number of hydrogen-bond acceptors (Lipinski definition) is 18. The Morgan fingerprint density at radius 1 is 0.923 bits per heavy atom. The van der Waals surface area contributed by atoms with Crippen molar-refractivity contribution in [1.82, 2.24) is 30.2 Å². The quantitative estimate of drug-likeness (QED) is 0.0369.